The second-order valence-electron chi connectivity index (χ2n) is 10.4. The van der Waals surface area contributed by atoms with Crippen LogP contribution in [0, 0.1) is 18.2 Å². The molecule has 3 saturated carbocycles. The number of ether oxygens (including phenoxy) is 1. The highest BCUT2D eigenvalue weighted by atomic mass is 19.4. The van der Waals surface area contributed by atoms with Gasteiger partial charge >= 0.3 is 6.18 Å². The normalized spacial score (nSPS) is 30.1. The molecule has 0 unspecified atom stereocenters. The van der Waals surface area contributed by atoms with Crippen LogP contribution in [0.25, 0.3) is 11.0 Å². The van der Waals surface area contributed by atoms with E-state index in [0.29, 0.717) is 42.0 Å². The smallest absolute Gasteiger partial charge is 0.373 e. The number of aryl methyl sites for hydroxylation is 2. The molecule has 6 nitrogen and oxygen atoms in total. The molecule has 3 aromatic rings. The Morgan fingerprint density at radius 2 is 1.89 bits per heavy atom. The molecule has 2 bridgehead atoms. The van der Waals surface area contributed by atoms with E-state index in [9.17, 15) is 22.4 Å². The minimum Gasteiger partial charge on any atom is -0.373 e. The summed E-state index contributed by atoms with van der Waals surface area (Å²) in [4.78, 5) is 25.6. The Balaban J connectivity index is 1.38. The molecule has 35 heavy (non-hydrogen) atoms. The van der Waals surface area contributed by atoms with Crippen LogP contribution in [0.2, 0.25) is 0 Å². The van der Waals surface area contributed by atoms with E-state index in [2.05, 4.69) is 9.97 Å². The van der Waals surface area contributed by atoms with E-state index in [1.807, 2.05) is 0 Å². The maximum absolute atomic E-state index is 14.4. The van der Waals surface area contributed by atoms with Crippen LogP contribution in [-0.2, 0) is 17.2 Å². The summed E-state index contributed by atoms with van der Waals surface area (Å²) in [5.74, 6) is -0.117. The number of hydrogen-bond acceptors (Lipinski definition) is 5. The molecule has 10 heteroatoms. The fourth-order valence-electron chi connectivity index (χ4n) is 6.13. The number of fused-ring (bicyclic) bond motifs is 1. The van der Waals surface area contributed by atoms with Gasteiger partial charge in [0.15, 0.2) is 5.65 Å². The van der Waals surface area contributed by atoms with Gasteiger partial charge in [0.25, 0.3) is 0 Å². The molecule has 3 aliphatic carbocycles. The Bertz CT molecular complexity index is 1400. The highest BCUT2D eigenvalue weighted by Crippen LogP contribution is 2.78. The van der Waals surface area contributed by atoms with Crippen molar-refractivity contribution < 1.29 is 22.3 Å². The van der Waals surface area contributed by atoms with Gasteiger partial charge in [-0.3, -0.25) is 4.79 Å². The predicted molar refractivity (Wildman–Crippen MR) is 118 cm³/mol. The molecule has 0 radical (unpaired) electrons. The molecule has 7 rings (SSSR count). The van der Waals surface area contributed by atoms with Crippen LogP contribution < -0.4 is 5.56 Å². The van der Waals surface area contributed by atoms with Crippen LogP contribution in [0.5, 0.6) is 0 Å². The highest BCUT2D eigenvalue weighted by molar-refractivity contribution is 5.80. The zero-order valence-corrected chi connectivity index (χ0v) is 19.3. The van der Waals surface area contributed by atoms with Gasteiger partial charge in [0.2, 0.25) is 5.56 Å². The predicted octanol–water partition coefficient (Wildman–Crippen LogP) is 4.79. The van der Waals surface area contributed by atoms with E-state index >= 15 is 0 Å². The molecule has 184 valence electrons. The van der Waals surface area contributed by atoms with E-state index in [1.54, 1.807) is 26.2 Å². The van der Waals surface area contributed by atoms with Gasteiger partial charge in [0.05, 0.1) is 22.9 Å². The third-order valence-corrected chi connectivity index (χ3v) is 8.10. The Morgan fingerprint density at radius 1 is 1.14 bits per heavy atom. The van der Waals surface area contributed by atoms with E-state index in [-0.39, 0.29) is 42.5 Å². The molecule has 2 atom stereocenters. The van der Waals surface area contributed by atoms with Crippen LogP contribution in [0.1, 0.15) is 66.9 Å². The van der Waals surface area contributed by atoms with Crippen molar-refractivity contribution in [2.24, 2.45) is 12.5 Å². The van der Waals surface area contributed by atoms with Crippen molar-refractivity contribution in [2.75, 3.05) is 6.61 Å². The number of hydrogen-bond donors (Lipinski definition) is 0. The van der Waals surface area contributed by atoms with E-state index in [0.717, 1.165) is 5.56 Å². The van der Waals surface area contributed by atoms with Crippen molar-refractivity contribution in [3.63, 3.8) is 0 Å². The third-order valence-electron chi connectivity index (χ3n) is 8.10. The largest absolute Gasteiger partial charge is 0.394 e. The highest BCUT2D eigenvalue weighted by Gasteiger charge is 2.79. The molecule has 4 aliphatic rings. The minimum absolute atomic E-state index is 0.0288. The number of halogens is 4. The number of aromatic nitrogens is 4. The van der Waals surface area contributed by atoms with E-state index in [4.69, 9.17) is 9.72 Å². The van der Waals surface area contributed by atoms with Crippen molar-refractivity contribution >= 4 is 11.0 Å². The summed E-state index contributed by atoms with van der Waals surface area (Å²) >= 11 is 0. The molecular weight excluding hydrogens is 464 g/mol. The van der Waals surface area contributed by atoms with Crippen molar-refractivity contribution in [3.8, 4) is 0 Å². The Kier molecular flexibility index (Phi) is 4.72. The number of pyridine rings is 2. The number of nitrogens with zero attached hydrogens (tertiary/aromatic N) is 4. The monoisotopic (exact) mass is 488 g/mol. The molecule has 0 spiro atoms. The lowest BCUT2D eigenvalue weighted by atomic mass is 9.33. The van der Waals surface area contributed by atoms with Gasteiger partial charge in [-0.1, -0.05) is 0 Å². The number of rotatable bonds is 3. The van der Waals surface area contributed by atoms with Crippen molar-refractivity contribution in [1.82, 2.24) is 19.5 Å². The first-order valence-electron chi connectivity index (χ1n) is 11.7. The lowest BCUT2D eigenvalue weighted by Gasteiger charge is -2.70. The lowest BCUT2D eigenvalue weighted by molar-refractivity contribution is -0.337. The number of alkyl halides is 3. The first kappa shape index (κ1) is 22.6. The van der Waals surface area contributed by atoms with Crippen LogP contribution in [0.3, 0.4) is 0 Å². The molecule has 4 fully saturated rings. The van der Waals surface area contributed by atoms with Crippen molar-refractivity contribution in [2.45, 2.75) is 62.6 Å². The van der Waals surface area contributed by atoms with Gasteiger partial charge in [-0.2, -0.15) is 13.2 Å². The Labute approximate surface area is 198 Å². The summed E-state index contributed by atoms with van der Waals surface area (Å²) < 4.78 is 62.5. The zero-order chi connectivity index (χ0) is 24.8. The maximum atomic E-state index is 14.4. The summed E-state index contributed by atoms with van der Waals surface area (Å²) in [5.41, 5.74) is -0.619. The van der Waals surface area contributed by atoms with Gasteiger partial charge in [-0.15, -0.1) is 0 Å². The molecule has 3 aromatic heterocycles. The van der Waals surface area contributed by atoms with Gasteiger partial charge in [0, 0.05) is 42.6 Å². The summed E-state index contributed by atoms with van der Waals surface area (Å²) in [5, 5.41) is 0.397. The minimum atomic E-state index is -4.25. The van der Waals surface area contributed by atoms with Crippen LogP contribution in [0.15, 0.2) is 29.2 Å². The van der Waals surface area contributed by atoms with Crippen LogP contribution >= 0.6 is 0 Å². The zero-order valence-electron chi connectivity index (χ0n) is 19.3. The summed E-state index contributed by atoms with van der Waals surface area (Å²) in [7, 11) is 1.68. The Morgan fingerprint density at radius 3 is 2.57 bits per heavy atom. The first-order valence-corrected chi connectivity index (χ1v) is 11.7. The molecule has 4 heterocycles. The van der Waals surface area contributed by atoms with E-state index < -0.39 is 22.8 Å². The Hall–Kier alpha value is -2.88. The topological polar surface area (TPSA) is 69.9 Å². The molecule has 1 saturated heterocycles. The lowest BCUT2D eigenvalue weighted by Crippen LogP contribution is -2.70. The van der Waals surface area contributed by atoms with Crippen LogP contribution in [0.4, 0.5) is 17.6 Å². The molecule has 1 aliphatic heterocycles. The fourth-order valence-corrected chi connectivity index (χ4v) is 6.13. The van der Waals surface area contributed by atoms with Crippen LogP contribution in [-0.4, -0.2) is 32.3 Å². The second-order valence-corrected chi connectivity index (χ2v) is 10.4. The summed E-state index contributed by atoms with van der Waals surface area (Å²) in [6, 6.07) is 4.55. The average Bonchev–Trinajstić information content (AvgIpc) is 2.74. The maximum Gasteiger partial charge on any atom is 0.394 e. The van der Waals surface area contributed by atoms with Gasteiger partial charge in [0.1, 0.15) is 11.6 Å². The van der Waals surface area contributed by atoms with Gasteiger partial charge in [-0.25, -0.2) is 19.3 Å². The second kappa shape index (κ2) is 7.32. The first-order chi connectivity index (χ1) is 16.5. The third kappa shape index (κ3) is 3.32. The summed E-state index contributed by atoms with van der Waals surface area (Å²) in [6.07, 6.45) is -1.65. The van der Waals surface area contributed by atoms with Gasteiger partial charge in [-0.05, 0) is 56.7 Å². The molecule has 0 amide bonds. The standard InChI is InChI=1S/C25H24F4N4O2/c1-13-17(26)8-16-20(23-10-24(11-23,12-23)25(27,28)29)31-21(32-22(16)30-13)14-5-6-35-18(7-14)15-3-4-19(34)33(2)9-15/h3-4,8-9,14,18H,5-7,10-12H2,1-2H3/t14-,18+,23?,24?/m0/s1. The molecular formula is C25H24F4N4O2. The SMILES string of the molecule is Cc1nc2nc([C@H]3CCO[C@@H](c4ccc(=O)n(C)c4)C3)nc(C34CC(C(F)(F)F)(C3)C4)c2cc1F. The molecule has 0 aromatic carbocycles. The summed E-state index contributed by atoms with van der Waals surface area (Å²) in [6.45, 7) is 1.99. The molecule has 0 N–H and O–H groups in total. The quantitative estimate of drug-likeness (QED) is 0.496. The van der Waals surface area contributed by atoms with Crippen molar-refractivity contribution in [3.05, 3.63) is 63.3 Å². The fraction of sp³-hybridized carbons (Fsp3) is 0.520. The van der Waals surface area contributed by atoms with Gasteiger partial charge < -0.3 is 9.30 Å². The van der Waals surface area contributed by atoms with Crippen molar-refractivity contribution in [1.29, 1.82) is 0 Å². The van der Waals surface area contributed by atoms with E-state index in [1.165, 1.54) is 16.7 Å². The average molecular weight is 488 g/mol.